The fourth-order valence-electron chi connectivity index (χ4n) is 6.60. The standard InChI is InChI=1S/C26H28F3N5O2/c1-14-15(2)31-22-21(24-11-25(12-24,13-24)26(27,28)29)32-19(10-33(22)23(14)35)16-5-6-36-20(7-16)17-8-30-34(9-17)18-3-4-18/h8-10,16,18,20H,3-7,11-13H2,1-2H3/t16-,20+,24?,25?/m1/s1. The van der Waals surface area contributed by atoms with Crippen molar-refractivity contribution in [3.05, 3.63) is 57.2 Å². The van der Waals surface area contributed by atoms with Crippen molar-refractivity contribution in [2.45, 2.75) is 88.4 Å². The maximum absolute atomic E-state index is 13.6. The number of halogens is 3. The van der Waals surface area contributed by atoms with Crippen molar-refractivity contribution in [3.63, 3.8) is 0 Å². The van der Waals surface area contributed by atoms with E-state index in [1.165, 1.54) is 4.40 Å². The molecule has 0 spiro atoms. The van der Waals surface area contributed by atoms with Crippen LogP contribution in [0.5, 0.6) is 0 Å². The summed E-state index contributed by atoms with van der Waals surface area (Å²) in [5.41, 5.74) is 1.40. The molecule has 0 unspecified atom stereocenters. The van der Waals surface area contributed by atoms with Gasteiger partial charge in [-0.2, -0.15) is 18.3 Å². The molecule has 0 N–H and O–H groups in total. The van der Waals surface area contributed by atoms with Gasteiger partial charge in [-0.3, -0.25) is 18.9 Å². The molecule has 4 aliphatic carbocycles. The lowest BCUT2D eigenvalue weighted by Gasteiger charge is -2.70. The Balaban J connectivity index is 1.27. The van der Waals surface area contributed by atoms with Crippen LogP contribution >= 0.6 is 0 Å². The van der Waals surface area contributed by atoms with Crippen molar-refractivity contribution in [2.24, 2.45) is 5.41 Å². The Morgan fingerprint density at radius 1 is 1.08 bits per heavy atom. The van der Waals surface area contributed by atoms with Gasteiger partial charge in [-0.1, -0.05) is 0 Å². The first-order chi connectivity index (χ1) is 17.1. The van der Waals surface area contributed by atoms with Gasteiger partial charge < -0.3 is 4.74 Å². The van der Waals surface area contributed by atoms with Crippen molar-refractivity contribution in [3.8, 4) is 0 Å². The summed E-state index contributed by atoms with van der Waals surface area (Å²) in [6, 6.07) is 0.488. The highest BCUT2D eigenvalue weighted by Crippen LogP contribution is 2.78. The van der Waals surface area contributed by atoms with E-state index < -0.39 is 17.0 Å². The largest absolute Gasteiger partial charge is 0.394 e. The van der Waals surface area contributed by atoms with E-state index in [0.717, 1.165) is 30.5 Å². The minimum Gasteiger partial charge on any atom is -0.373 e. The quantitative estimate of drug-likeness (QED) is 0.513. The van der Waals surface area contributed by atoms with Crippen molar-refractivity contribution in [1.29, 1.82) is 0 Å². The van der Waals surface area contributed by atoms with E-state index in [-0.39, 0.29) is 36.8 Å². The van der Waals surface area contributed by atoms with Crippen LogP contribution in [0.3, 0.4) is 0 Å². The number of hydrogen-bond acceptors (Lipinski definition) is 5. The lowest BCUT2D eigenvalue weighted by Crippen LogP contribution is -2.70. The molecule has 4 heterocycles. The van der Waals surface area contributed by atoms with Crippen LogP contribution in [0.4, 0.5) is 13.2 Å². The van der Waals surface area contributed by atoms with Gasteiger partial charge in [0, 0.05) is 47.2 Å². The van der Waals surface area contributed by atoms with Crippen molar-refractivity contribution in [1.82, 2.24) is 24.1 Å². The van der Waals surface area contributed by atoms with E-state index in [0.29, 0.717) is 41.7 Å². The SMILES string of the molecule is Cc1nc2c(C34CC(C(F)(F)F)(C3)C4)nc([C@@H]3CCO[C@H](c4cnn(C5CC5)c4)C3)cn2c(=O)c1C. The Morgan fingerprint density at radius 2 is 1.83 bits per heavy atom. The molecule has 190 valence electrons. The van der Waals surface area contributed by atoms with E-state index in [4.69, 9.17) is 9.72 Å². The molecule has 1 saturated heterocycles. The molecular formula is C26H28F3N5O2. The highest BCUT2D eigenvalue weighted by molar-refractivity contribution is 5.54. The van der Waals surface area contributed by atoms with Crippen LogP contribution < -0.4 is 5.56 Å². The summed E-state index contributed by atoms with van der Waals surface area (Å²) in [6.07, 6.45) is 5.13. The van der Waals surface area contributed by atoms with Crippen LogP contribution in [-0.2, 0) is 10.2 Å². The fourth-order valence-corrected chi connectivity index (χ4v) is 6.60. The second-order valence-electron chi connectivity index (χ2n) is 11.5. The molecule has 0 aromatic carbocycles. The average Bonchev–Trinajstić information content (AvgIpc) is 3.51. The molecule has 3 aromatic heterocycles. The van der Waals surface area contributed by atoms with Gasteiger partial charge in [0.25, 0.3) is 5.56 Å². The third-order valence-electron chi connectivity index (χ3n) is 9.05. The van der Waals surface area contributed by atoms with Crippen molar-refractivity contribution >= 4 is 5.65 Å². The number of hydrogen-bond donors (Lipinski definition) is 0. The van der Waals surface area contributed by atoms with Crippen molar-refractivity contribution in [2.75, 3.05) is 6.61 Å². The first-order valence-corrected chi connectivity index (χ1v) is 12.7. The normalized spacial score (nSPS) is 31.8. The second-order valence-corrected chi connectivity index (χ2v) is 11.5. The molecule has 8 rings (SSSR count). The summed E-state index contributed by atoms with van der Waals surface area (Å²) in [6.45, 7) is 4.04. The molecule has 7 nitrogen and oxygen atoms in total. The summed E-state index contributed by atoms with van der Waals surface area (Å²) in [5.74, 6) is 0.0219. The highest BCUT2D eigenvalue weighted by Gasteiger charge is 2.79. The van der Waals surface area contributed by atoms with Gasteiger partial charge in [0.1, 0.15) is 0 Å². The molecule has 5 fully saturated rings. The molecule has 3 aromatic rings. The Bertz CT molecular complexity index is 1430. The summed E-state index contributed by atoms with van der Waals surface area (Å²) < 4.78 is 50.5. The zero-order valence-electron chi connectivity index (χ0n) is 20.3. The van der Waals surface area contributed by atoms with Crippen LogP contribution in [0.25, 0.3) is 5.65 Å². The van der Waals surface area contributed by atoms with E-state index in [2.05, 4.69) is 16.3 Å². The summed E-state index contributed by atoms with van der Waals surface area (Å²) in [5, 5.41) is 4.49. The van der Waals surface area contributed by atoms with Gasteiger partial charge in [-0.15, -0.1) is 0 Å². The number of ether oxygens (including phenoxy) is 1. The molecule has 0 amide bonds. The Morgan fingerprint density at radius 3 is 2.53 bits per heavy atom. The van der Waals surface area contributed by atoms with Gasteiger partial charge >= 0.3 is 6.18 Å². The molecule has 5 aliphatic rings. The molecular weight excluding hydrogens is 471 g/mol. The van der Waals surface area contributed by atoms with Crippen molar-refractivity contribution < 1.29 is 17.9 Å². The average molecular weight is 500 g/mol. The van der Waals surface area contributed by atoms with Crippen LogP contribution in [0, 0.1) is 19.3 Å². The van der Waals surface area contributed by atoms with E-state index >= 15 is 0 Å². The predicted octanol–water partition coefficient (Wildman–Crippen LogP) is 4.86. The smallest absolute Gasteiger partial charge is 0.373 e. The van der Waals surface area contributed by atoms with E-state index in [1.807, 2.05) is 10.9 Å². The number of nitrogens with zero attached hydrogens (tertiary/aromatic N) is 5. The van der Waals surface area contributed by atoms with E-state index in [1.54, 1.807) is 20.0 Å². The summed E-state index contributed by atoms with van der Waals surface area (Å²) >= 11 is 0. The number of aromatic nitrogens is 5. The second kappa shape index (κ2) is 7.18. The fraction of sp³-hybridized carbons (Fsp3) is 0.615. The number of aryl methyl sites for hydroxylation is 1. The van der Waals surface area contributed by atoms with Gasteiger partial charge in [0.2, 0.25) is 0 Å². The number of fused-ring (bicyclic) bond motifs is 1. The molecule has 1 aliphatic heterocycles. The van der Waals surface area contributed by atoms with Crippen LogP contribution in [0.1, 0.15) is 91.2 Å². The van der Waals surface area contributed by atoms with Crippen LogP contribution in [-0.4, -0.2) is 36.9 Å². The Kier molecular flexibility index (Phi) is 4.47. The lowest BCUT2D eigenvalue weighted by atomic mass is 9.34. The van der Waals surface area contributed by atoms with Gasteiger partial charge in [-0.05, 0) is 58.8 Å². The predicted molar refractivity (Wildman–Crippen MR) is 124 cm³/mol. The van der Waals surface area contributed by atoms with Gasteiger partial charge in [0.05, 0.1) is 35.1 Å². The van der Waals surface area contributed by atoms with Gasteiger partial charge in [-0.25, -0.2) is 4.98 Å². The van der Waals surface area contributed by atoms with Gasteiger partial charge in [0.15, 0.2) is 5.65 Å². The molecule has 0 radical (unpaired) electrons. The van der Waals surface area contributed by atoms with E-state index in [9.17, 15) is 18.0 Å². The van der Waals surface area contributed by atoms with Crippen LogP contribution in [0.15, 0.2) is 23.4 Å². The molecule has 4 saturated carbocycles. The third kappa shape index (κ3) is 3.09. The molecule has 2 atom stereocenters. The number of alkyl halides is 3. The highest BCUT2D eigenvalue weighted by atomic mass is 19.4. The maximum atomic E-state index is 13.6. The summed E-state index contributed by atoms with van der Waals surface area (Å²) in [4.78, 5) is 22.9. The Hall–Kier alpha value is -2.75. The summed E-state index contributed by atoms with van der Waals surface area (Å²) in [7, 11) is 0. The number of rotatable bonds is 4. The Labute approximate surface area is 205 Å². The zero-order chi connectivity index (χ0) is 25.0. The third-order valence-corrected chi connectivity index (χ3v) is 9.05. The monoisotopic (exact) mass is 499 g/mol. The molecule has 36 heavy (non-hydrogen) atoms. The van der Waals surface area contributed by atoms with Crippen LogP contribution in [0.2, 0.25) is 0 Å². The topological polar surface area (TPSA) is 74.3 Å². The zero-order valence-corrected chi connectivity index (χ0v) is 20.3. The molecule has 10 heteroatoms. The first kappa shape index (κ1) is 22.4. The minimum absolute atomic E-state index is 0.0219. The molecule has 2 bridgehead atoms. The first-order valence-electron chi connectivity index (χ1n) is 12.7. The lowest BCUT2D eigenvalue weighted by molar-refractivity contribution is -0.337. The minimum atomic E-state index is -4.21. The maximum Gasteiger partial charge on any atom is 0.394 e.